The van der Waals surface area contributed by atoms with Crippen molar-refractivity contribution >= 4 is 0 Å². The summed E-state index contributed by atoms with van der Waals surface area (Å²) in [6.07, 6.45) is 0. The second-order valence-corrected chi connectivity index (χ2v) is 4.74. The molecular weight excluding hydrogens is 243 g/mol. The summed E-state index contributed by atoms with van der Waals surface area (Å²) in [6.45, 7) is 6.16. The van der Waals surface area contributed by atoms with Crippen LogP contribution in [0.5, 0.6) is 0 Å². The first-order chi connectivity index (χ1) is 4.48. The van der Waals surface area contributed by atoms with Crippen LogP contribution in [0.2, 0.25) is 0 Å². The van der Waals surface area contributed by atoms with Crippen LogP contribution < -0.4 is 27.6 Å². The van der Waals surface area contributed by atoms with Gasteiger partial charge in [-0.05, 0) is 0 Å². The Bertz CT molecular complexity index is 117. The molecule has 0 aliphatic heterocycles. The van der Waals surface area contributed by atoms with Gasteiger partial charge in [-0.3, -0.25) is 0 Å². The van der Waals surface area contributed by atoms with Gasteiger partial charge in [-0.15, -0.1) is 0 Å². The predicted molar refractivity (Wildman–Crippen MR) is 36.6 cm³/mol. The van der Waals surface area contributed by atoms with Crippen molar-refractivity contribution in [1.82, 2.24) is 3.22 Å². The van der Waals surface area contributed by atoms with Gasteiger partial charge in [-0.25, -0.2) is 0 Å². The maximum absolute atomic E-state index is 5.67. The molecule has 0 saturated heterocycles. The SMILES string of the molecule is CN=N[I-]N(N)C(C)(C)C. The quantitative estimate of drug-likeness (QED) is 0.204. The predicted octanol–water partition coefficient (Wildman–Crippen LogP) is -2.04. The fourth-order valence-electron chi connectivity index (χ4n) is 0.184. The van der Waals surface area contributed by atoms with E-state index >= 15 is 0 Å². The van der Waals surface area contributed by atoms with Crippen LogP contribution in [-0.4, -0.2) is 15.8 Å². The summed E-state index contributed by atoms with van der Waals surface area (Å²) in [6, 6.07) is 0. The minimum absolute atomic E-state index is 0.0153. The van der Waals surface area contributed by atoms with Crippen molar-refractivity contribution < 1.29 is 21.8 Å². The first kappa shape index (κ1) is 10.2. The molecule has 0 aliphatic carbocycles. The molecule has 0 heterocycles. The number of halogens is 1. The molecule has 0 radical (unpaired) electrons. The summed E-state index contributed by atoms with van der Waals surface area (Å²) in [5, 5.41) is 3.64. The van der Waals surface area contributed by atoms with Gasteiger partial charge in [0.05, 0.1) is 0 Å². The number of rotatable bonds is 2. The molecule has 0 bridgehead atoms. The van der Waals surface area contributed by atoms with Crippen molar-refractivity contribution in [1.29, 1.82) is 0 Å². The van der Waals surface area contributed by atoms with E-state index in [0.29, 0.717) is 0 Å². The van der Waals surface area contributed by atoms with E-state index in [0.717, 1.165) is 0 Å². The third-order valence-electron chi connectivity index (χ3n) is 0.832. The average Bonchev–Trinajstić information content (AvgIpc) is 1.80. The summed E-state index contributed by atoms with van der Waals surface area (Å²) >= 11 is -0.458. The topological polar surface area (TPSA) is 54.0 Å². The first-order valence-corrected chi connectivity index (χ1v) is 4.90. The van der Waals surface area contributed by atoms with E-state index in [1.54, 1.807) is 10.3 Å². The van der Waals surface area contributed by atoms with E-state index in [1.807, 2.05) is 0 Å². The van der Waals surface area contributed by atoms with E-state index in [2.05, 4.69) is 29.2 Å². The van der Waals surface area contributed by atoms with Gasteiger partial charge in [-0.1, -0.05) is 0 Å². The molecule has 0 aromatic rings. The molecule has 4 nitrogen and oxygen atoms in total. The Morgan fingerprint density at radius 2 is 1.90 bits per heavy atom. The molecule has 0 aliphatic rings. The van der Waals surface area contributed by atoms with Crippen molar-refractivity contribution in [2.24, 2.45) is 14.3 Å². The molecule has 0 atom stereocenters. The van der Waals surface area contributed by atoms with Crippen LogP contribution in [0.25, 0.3) is 0 Å². The van der Waals surface area contributed by atoms with Gasteiger partial charge in [0.1, 0.15) is 0 Å². The second kappa shape index (κ2) is 4.20. The Kier molecular flexibility index (Phi) is 4.30. The van der Waals surface area contributed by atoms with E-state index in [9.17, 15) is 0 Å². The zero-order valence-electron chi connectivity index (χ0n) is 6.80. The number of nitrogens with zero attached hydrogens (tertiary/aromatic N) is 3. The normalized spacial score (nSPS) is 13.8. The van der Waals surface area contributed by atoms with Gasteiger partial charge in [0.25, 0.3) is 0 Å². The van der Waals surface area contributed by atoms with E-state index in [1.165, 1.54) is 0 Å². The summed E-state index contributed by atoms with van der Waals surface area (Å²) in [4.78, 5) is 0. The molecule has 0 spiro atoms. The van der Waals surface area contributed by atoms with Crippen molar-refractivity contribution in [3.05, 3.63) is 0 Å². The van der Waals surface area contributed by atoms with E-state index in [4.69, 9.17) is 5.84 Å². The van der Waals surface area contributed by atoms with Crippen LogP contribution in [-0.2, 0) is 0 Å². The standard InChI is InChI=1S/C5H14IN4/c1-5(2,3)10(7)6-9-8-4/h7H2,1-4H3/q-1. The maximum atomic E-state index is 5.67. The van der Waals surface area contributed by atoms with Gasteiger partial charge >= 0.3 is 72.6 Å². The summed E-state index contributed by atoms with van der Waals surface area (Å²) in [5.41, 5.74) is 0.0153. The number of hydrogen-bond acceptors (Lipinski definition) is 4. The average molecular weight is 257 g/mol. The first-order valence-electron chi connectivity index (χ1n) is 2.97. The molecule has 62 valence electrons. The van der Waals surface area contributed by atoms with E-state index < -0.39 is 21.8 Å². The van der Waals surface area contributed by atoms with Crippen LogP contribution in [0.4, 0.5) is 0 Å². The zero-order valence-corrected chi connectivity index (χ0v) is 8.95. The van der Waals surface area contributed by atoms with Crippen molar-refractivity contribution in [2.45, 2.75) is 26.3 Å². The monoisotopic (exact) mass is 257 g/mol. The Morgan fingerprint density at radius 1 is 1.40 bits per heavy atom. The van der Waals surface area contributed by atoms with Gasteiger partial charge in [-0.2, -0.15) is 0 Å². The Hall–Kier alpha value is 0.250. The number of nitrogens with two attached hydrogens (primary N) is 1. The van der Waals surface area contributed by atoms with Crippen molar-refractivity contribution in [2.75, 3.05) is 7.05 Å². The Labute approximate surface area is 72.8 Å². The summed E-state index contributed by atoms with van der Waals surface area (Å²) < 4.78 is 5.62. The molecular formula is C5H14IN4-. The molecule has 0 rings (SSSR count). The summed E-state index contributed by atoms with van der Waals surface area (Å²) in [5.74, 6) is 5.67. The minimum atomic E-state index is -0.458. The van der Waals surface area contributed by atoms with Crippen LogP contribution in [0.1, 0.15) is 20.8 Å². The molecule has 0 aromatic heterocycles. The van der Waals surface area contributed by atoms with Gasteiger partial charge < -0.3 is 0 Å². The zero-order chi connectivity index (χ0) is 8.20. The fraction of sp³-hybridized carbons (Fsp3) is 1.00. The molecule has 10 heavy (non-hydrogen) atoms. The molecule has 5 heteroatoms. The molecule has 0 aromatic carbocycles. The van der Waals surface area contributed by atoms with Crippen molar-refractivity contribution in [3.63, 3.8) is 0 Å². The van der Waals surface area contributed by atoms with Crippen molar-refractivity contribution in [3.8, 4) is 0 Å². The molecule has 0 fully saturated rings. The number of hydrazine groups is 1. The third-order valence-corrected chi connectivity index (χ3v) is 3.37. The molecule has 0 saturated carbocycles. The molecule has 0 unspecified atom stereocenters. The van der Waals surface area contributed by atoms with E-state index in [-0.39, 0.29) is 5.54 Å². The third kappa shape index (κ3) is 4.13. The van der Waals surface area contributed by atoms with Gasteiger partial charge in [0.2, 0.25) is 0 Å². The van der Waals surface area contributed by atoms with Crippen LogP contribution in [0.3, 0.4) is 0 Å². The molecule has 0 amide bonds. The Morgan fingerprint density at radius 3 is 2.20 bits per heavy atom. The molecule has 2 N–H and O–H groups in total. The van der Waals surface area contributed by atoms with Gasteiger partial charge in [0, 0.05) is 0 Å². The van der Waals surface area contributed by atoms with Crippen LogP contribution in [0.15, 0.2) is 8.44 Å². The fourth-order valence-corrected chi connectivity index (χ4v) is 1.23. The number of hydrogen-bond donors (Lipinski definition) is 1. The van der Waals surface area contributed by atoms with Gasteiger partial charge in [0.15, 0.2) is 0 Å². The second-order valence-electron chi connectivity index (χ2n) is 2.83. The Balaban J connectivity index is 3.73. The van der Waals surface area contributed by atoms with Crippen LogP contribution >= 0.6 is 0 Å². The van der Waals surface area contributed by atoms with Crippen LogP contribution in [0, 0.1) is 0 Å². The summed E-state index contributed by atoms with van der Waals surface area (Å²) in [7, 11) is 1.66.